The maximum absolute atomic E-state index is 12.8. The lowest BCUT2D eigenvalue weighted by Crippen LogP contribution is -1.92. The van der Waals surface area contributed by atoms with Crippen LogP contribution in [-0.2, 0) is 4.84 Å². The van der Waals surface area contributed by atoms with Gasteiger partial charge in [0.2, 0.25) is 0 Å². The molecule has 1 radical (unpaired) electrons. The molecule has 0 aliphatic rings. The number of rotatable bonds is 2. The Balaban J connectivity index is 3.00. The van der Waals surface area contributed by atoms with Crippen molar-refractivity contribution in [2.75, 3.05) is 7.11 Å². The molecule has 0 unspecified atom stereocenters. The van der Waals surface area contributed by atoms with Gasteiger partial charge in [-0.05, 0) is 12.1 Å². The van der Waals surface area contributed by atoms with E-state index in [4.69, 9.17) is 0 Å². The first-order valence-corrected chi connectivity index (χ1v) is 3.18. The van der Waals surface area contributed by atoms with Crippen LogP contribution in [0.1, 0.15) is 5.56 Å². The second kappa shape index (κ2) is 3.80. The third-order valence-electron chi connectivity index (χ3n) is 1.20. The van der Waals surface area contributed by atoms with Crippen molar-refractivity contribution >= 4 is 6.21 Å². The summed E-state index contributed by atoms with van der Waals surface area (Å²) >= 11 is 0. The highest BCUT2D eigenvalue weighted by Crippen LogP contribution is 2.08. The molecule has 1 aromatic carbocycles. The van der Waals surface area contributed by atoms with Crippen LogP contribution in [0.3, 0.4) is 0 Å². The van der Waals surface area contributed by atoms with Crippen LogP contribution in [-0.4, -0.2) is 13.3 Å². The van der Waals surface area contributed by atoms with E-state index < -0.39 is 11.6 Å². The van der Waals surface area contributed by atoms with Crippen molar-refractivity contribution in [3.8, 4) is 0 Å². The molecule has 0 N–H and O–H groups in total. The molecule has 0 saturated heterocycles. The highest BCUT2D eigenvalue weighted by atomic mass is 19.2. The zero-order valence-corrected chi connectivity index (χ0v) is 6.34. The van der Waals surface area contributed by atoms with E-state index in [9.17, 15) is 8.78 Å². The highest BCUT2D eigenvalue weighted by Gasteiger charge is 2.04. The minimum atomic E-state index is -0.974. The molecule has 2 nitrogen and oxygen atoms in total. The van der Waals surface area contributed by atoms with Crippen LogP contribution >= 0.6 is 0 Å². The molecule has 1 rings (SSSR count). The average molecular weight is 170 g/mol. The zero-order chi connectivity index (χ0) is 8.97. The van der Waals surface area contributed by atoms with E-state index in [0.29, 0.717) is 0 Å². The number of hydrogen-bond donors (Lipinski definition) is 0. The van der Waals surface area contributed by atoms with Crippen molar-refractivity contribution in [2.24, 2.45) is 5.16 Å². The van der Waals surface area contributed by atoms with E-state index in [-0.39, 0.29) is 5.56 Å². The summed E-state index contributed by atoms with van der Waals surface area (Å²) in [6.45, 7) is 0. The second-order valence-electron chi connectivity index (χ2n) is 1.97. The van der Waals surface area contributed by atoms with Gasteiger partial charge in [0.15, 0.2) is 11.6 Å². The van der Waals surface area contributed by atoms with Crippen molar-refractivity contribution in [2.45, 2.75) is 0 Å². The van der Waals surface area contributed by atoms with Gasteiger partial charge in [-0.15, -0.1) is 0 Å². The summed E-state index contributed by atoms with van der Waals surface area (Å²) < 4.78 is 25.3. The Morgan fingerprint density at radius 3 is 3.00 bits per heavy atom. The van der Waals surface area contributed by atoms with Crippen LogP contribution in [0.25, 0.3) is 0 Å². The maximum atomic E-state index is 12.8. The van der Waals surface area contributed by atoms with Crippen LogP contribution in [0, 0.1) is 17.7 Å². The van der Waals surface area contributed by atoms with Gasteiger partial charge in [-0.1, -0.05) is 11.2 Å². The molecule has 0 spiro atoms. The maximum Gasteiger partial charge on any atom is 0.168 e. The summed E-state index contributed by atoms with van der Waals surface area (Å²) in [5.41, 5.74) is -0.0585. The Bertz CT molecular complexity index is 299. The first kappa shape index (κ1) is 8.64. The van der Waals surface area contributed by atoms with Gasteiger partial charge in [0.25, 0.3) is 0 Å². The van der Waals surface area contributed by atoms with Crippen LogP contribution in [0.15, 0.2) is 17.3 Å². The van der Waals surface area contributed by atoms with Gasteiger partial charge in [-0.3, -0.25) is 0 Å². The Hall–Kier alpha value is -1.45. The fourth-order valence-corrected chi connectivity index (χ4v) is 0.669. The molecule has 0 aliphatic heterocycles. The fraction of sp³-hybridized carbons (Fsp3) is 0.125. The largest absolute Gasteiger partial charge is 0.399 e. The first-order chi connectivity index (χ1) is 5.75. The van der Waals surface area contributed by atoms with Crippen molar-refractivity contribution in [1.82, 2.24) is 0 Å². The minimum Gasteiger partial charge on any atom is -0.399 e. The van der Waals surface area contributed by atoms with Crippen molar-refractivity contribution in [3.63, 3.8) is 0 Å². The molecule has 0 aliphatic carbocycles. The quantitative estimate of drug-likeness (QED) is 0.489. The van der Waals surface area contributed by atoms with E-state index in [1.165, 1.54) is 13.2 Å². The number of nitrogens with zero attached hydrogens (tertiary/aromatic N) is 1. The zero-order valence-electron chi connectivity index (χ0n) is 6.34. The summed E-state index contributed by atoms with van der Waals surface area (Å²) in [7, 11) is 1.31. The van der Waals surface area contributed by atoms with E-state index in [0.717, 1.165) is 12.3 Å². The lowest BCUT2D eigenvalue weighted by molar-refractivity contribution is 0.215. The van der Waals surface area contributed by atoms with E-state index in [1.54, 1.807) is 0 Å². The molecule has 0 atom stereocenters. The number of halogens is 2. The van der Waals surface area contributed by atoms with E-state index >= 15 is 0 Å². The molecule has 1 aromatic rings. The van der Waals surface area contributed by atoms with Gasteiger partial charge in [-0.25, -0.2) is 8.78 Å². The molecule has 12 heavy (non-hydrogen) atoms. The molecule has 63 valence electrons. The molecule has 0 saturated carbocycles. The van der Waals surface area contributed by atoms with Crippen molar-refractivity contribution in [3.05, 3.63) is 35.4 Å². The smallest absolute Gasteiger partial charge is 0.168 e. The molecule has 0 heterocycles. The molecular weight excluding hydrogens is 164 g/mol. The normalized spacial score (nSPS) is 10.6. The second-order valence-corrected chi connectivity index (χ2v) is 1.97. The van der Waals surface area contributed by atoms with Gasteiger partial charge < -0.3 is 4.84 Å². The van der Waals surface area contributed by atoms with Gasteiger partial charge in [0.1, 0.15) is 7.11 Å². The lowest BCUT2D eigenvalue weighted by atomic mass is 10.2. The Morgan fingerprint density at radius 2 is 2.33 bits per heavy atom. The summed E-state index contributed by atoms with van der Waals surface area (Å²) in [6.07, 6.45) is 1.05. The predicted molar refractivity (Wildman–Crippen MR) is 39.8 cm³/mol. The third-order valence-corrected chi connectivity index (χ3v) is 1.20. The number of benzene rings is 1. The summed E-state index contributed by atoms with van der Waals surface area (Å²) in [5.74, 6) is -1.90. The topological polar surface area (TPSA) is 21.6 Å². The van der Waals surface area contributed by atoms with E-state index in [1.807, 2.05) is 0 Å². The molecule has 4 heteroatoms. The standard InChI is InChI=1S/C8H6F2NO/c1-12-11-5-6-3-2-4-7(9)8(6)10/h2,4-5H,1H3. The summed E-state index contributed by atoms with van der Waals surface area (Å²) in [6, 6.07) is 4.73. The van der Waals surface area contributed by atoms with E-state index in [2.05, 4.69) is 16.1 Å². The molecule has 0 amide bonds. The first-order valence-electron chi connectivity index (χ1n) is 3.18. The molecule has 0 aromatic heterocycles. The average Bonchev–Trinajstić information content (AvgIpc) is 2.08. The highest BCUT2D eigenvalue weighted by molar-refractivity contribution is 5.78. The van der Waals surface area contributed by atoms with Crippen LogP contribution < -0.4 is 0 Å². The monoisotopic (exact) mass is 170 g/mol. The van der Waals surface area contributed by atoms with Gasteiger partial charge >= 0.3 is 0 Å². The Kier molecular flexibility index (Phi) is 2.74. The van der Waals surface area contributed by atoms with Gasteiger partial charge in [-0.2, -0.15) is 0 Å². The minimum absolute atomic E-state index is 0.0585. The molecular formula is C8H6F2NO. The lowest BCUT2D eigenvalue weighted by Gasteiger charge is -1.94. The van der Waals surface area contributed by atoms with Crippen molar-refractivity contribution < 1.29 is 13.6 Å². The molecule has 0 bridgehead atoms. The number of oxime groups is 1. The summed E-state index contributed by atoms with van der Waals surface area (Å²) in [5, 5.41) is 3.28. The molecule has 0 fully saturated rings. The van der Waals surface area contributed by atoms with Gasteiger partial charge in [0, 0.05) is 5.56 Å². The van der Waals surface area contributed by atoms with Gasteiger partial charge in [0.05, 0.1) is 6.21 Å². The number of hydrogen-bond acceptors (Lipinski definition) is 2. The summed E-state index contributed by atoms with van der Waals surface area (Å²) in [4.78, 5) is 4.30. The van der Waals surface area contributed by atoms with Crippen LogP contribution in [0.2, 0.25) is 0 Å². The third kappa shape index (κ3) is 1.78. The Morgan fingerprint density at radius 1 is 1.58 bits per heavy atom. The van der Waals surface area contributed by atoms with Crippen molar-refractivity contribution in [1.29, 1.82) is 0 Å². The fourth-order valence-electron chi connectivity index (χ4n) is 0.669. The SMILES string of the molecule is CON=Cc1[c]ccc(F)c1F. The Labute approximate surface area is 68.5 Å². The van der Waals surface area contributed by atoms with Crippen LogP contribution in [0.4, 0.5) is 8.78 Å². The van der Waals surface area contributed by atoms with Crippen LogP contribution in [0.5, 0.6) is 0 Å². The predicted octanol–water partition coefficient (Wildman–Crippen LogP) is 1.75.